The van der Waals surface area contributed by atoms with E-state index in [1.807, 2.05) is 12.1 Å². The summed E-state index contributed by atoms with van der Waals surface area (Å²) < 4.78 is 5.36. The topological polar surface area (TPSA) is 83.1 Å². The minimum Gasteiger partial charge on any atom is -0.481 e. The molecule has 2 heterocycles. The second kappa shape index (κ2) is 6.88. The molecule has 0 saturated carbocycles. The van der Waals surface area contributed by atoms with E-state index >= 15 is 0 Å². The van der Waals surface area contributed by atoms with Crippen molar-refractivity contribution in [2.24, 2.45) is 5.10 Å². The molecule has 0 aliphatic carbocycles. The predicted molar refractivity (Wildman–Crippen MR) is 87.8 cm³/mol. The van der Waals surface area contributed by atoms with Crippen molar-refractivity contribution in [3.63, 3.8) is 0 Å². The van der Waals surface area contributed by atoms with Gasteiger partial charge < -0.3 is 9.52 Å². The number of rotatable bonds is 5. The smallest absolute Gasteiger partial charge is 0.303 e. The maximum atomic E-state index is 12.4. The lowest BCUT2D eigenvalue weighted by atomic mass is 10.0. The zero-order valence-corrected chi connectivity index (χ0v) is 13.4. The number of carboxylic acids is 1. The Morgan fingerprint density at radius 2 is 2.12 bits per heavy atom. The third kappa shape index (κ3) is 3.49. The van der Waals surface area contributed by atoms with E-state index in [-0.39, 0.29) is 24.8 Å². The van der Waals surface area contributed by atoms with Crippen molar-refractivity contribution >= 4 is 29.2 Å². The molecule has 1 aliphatic rings. The monoisotopic (exact) mass is 346 g/mol. The molecule has 0 radical (unpaired) electrons. The fourth-order valence-corrected chi connectivity index (χ4v) is 2.83. The minimum atomic E-state index is -1.02. The Kier molecular flexibility index (Phi) is 4.66. The van der Waals surface area contributed by atoms with Gasteiger partial charge >= 0.3 is 5.97 Å². The number of nitrogens with zero attached hydrogens (tertiary/aromatic N) is 2. The summed E-state index contributed by atoms with van der Waals surface area (Å²) in [7, 11) is 0. The summed E-state index contributed by atoms with van der Waals surface area (Å²) in [6.45, 7) is 0. The molecule has 0 saturated heterocycles. The Hall–Kier alpha value is -2.60. The Labute approximate surface area is 143 Å². The molecule has 6 nitrogen and oxygen atoms in total. The van der Waals surface area contributed by atoms with Crippen molar-refractivity contribution in [2.75, 3.05) is 0 Å². The van der Waals surface area contributed by atoms with Crippen LogP contribution in [0.5, 0.6) is 0 Å². The van der Waals surface area contributed by atoms with E-state index in [1.54, 1.807) is 30.5 Å². The normalized spacial score (nSPS) is 17.0. The number of hydrogen-bond donors (Lipinski definition) is 1. The molecule has 0 fully saturated rings. The first-order chi connectivity index (χ1) is 11.5. The van der Waals surface area contributed by atoms with Gasteiger partial charge in [0.25, 0.3) is 0 Å². The van der Waals surface area contributed by atoms with Crippen molar-refractivity contribution < 1.29 is 19.1 Å². The highest BCUT2D eigenvalue weighted by Crippen LogP contribution is 2.34. The number of benzene rings is 1. The third-order valence-corrected chi connectivity index (χ3v) is 3.99. The highest BCUT2D eigenvalue weighted by molar-refractivity contribution is 6.30. The van der Waals surface area contributed by atoms with Crippen LogP contribution in [-0.4, -0.2) is 27.7 Å². The zero-order valence-electron chi connectivity index (χ0n) is 12.7. The molecule has 0 bridgehead atoms. The van der Waals surface area contributed by atoms with Gasteiger partial charge in [-0.15, -0.1) is 0 Å². The summed E-state index contributed by atoms with van der Waals surface area (Å²) in [6, 6.07) is 10.4. The van der Waals surface area contributed by atoms with E-state index in [9.17, 15) is 9.59 Å². The van der Waals surface area contributed by atoms with Gasteiger partial charge in [0.1, 0.15) is 11.5 Å². The molecule has 1 aliphatic heterocycles. The summed E-state index contributed by atoms with van der Waals surface area (Å²) >= 11 is 6.05. The average Bonchev–Trinajstić information content (AvgIpc) is 3.21. The van der Waals surface area contributed by atoms with Gasteiger partial charge in [-0.1, -0.05) is 23.7 Å². The number of aliphatic carboxylic acids is 1. The standard InChI is InChI=1S/C17H15ClN2O4/c18-12-4-1-3-11(9-12)14-10-13(15-5-2-8-24-15)19-20(14)16(21)6-7-17(22)23/h1-5,8-9,14H,6-7,10H2,(H,22,23)/t14-/m1/s1. The molecule has 2 aromatic rings. The fraction of sp³-hybridized carbons (Fsp3) is 0.235. The molecule has 0 unspecified atom stereocenters. The zero-order chi connectivity index (χ0) is 17.1. The molecular weight excluding hydrogens is 332 g/mol. The fourth-order valence-electron chi connectivity index (χ4n) is 2.63. The van der Waals surface area contributed by atoms with E-state index < -0.39 is 5.97 Å². The van der Waals surface area contributed by atoms with Crippen LogP contribution in [0.25, 0.3) is 0 Å². The quantitative estimate of drug-likeness (QED) is 0.898. The lowest BCUT2D eigenvalue weighted by Gasteiger charge is -2.22. The van der Waals surface area contributed by atoms with Crippen LogP contribution >= 0.6 is 11.6 Å². The molecule has 1 N–H and O–H groups in total. The Morgan fingerprint density at radius 1 is 1.29 bits per heavy atom. The lowest BCUT2D eigenvalue weighted by molar-refractivity contribution is -0.141. The Morgan fingerprint density at radius 3 is 2.79 bits per heavy atom. The van der Waals surface area contributed by atoms with Crippen molar-refractivity contribution in [3.05, 3.63) is 59.0 Å². The van der Waals surface area contributed by atoms with Gasteiger partial charge in [0.15, 0.2) is 0 Å². The second-order valence-electron chi connectivity index (χ2n) is 5.43. The van der Waals surface area contributed by atoms with Crippen molar-refractivity contribution in [1.82, 2.24) is 5.01 Å². The number of carboxylic acid groups (broad SMARTS) is 1. The molecule has 1 atom stereocenters. The molecular formula is C17H15ClN2O4. The van der Waals surface area contributed by atoms with E-state index in [4.69, 9.17) is 21.1 Å². The average molecular weight is 347 g/mol. The highest BCUT2D eigenvalue weighted by Gasteiger charge is 2.34. The number of hydrazone groups is 1. The van der Waals surface area contributed by atoms with E-state index in [0.29, 0.717) is 22.9 Å². The lowest BCUT2D eigenvalue weighted by Crippen LogP contribution is -2.27. The van der Waals surface area contributed by atoms with Gasteiger partial charge in [-0.2, -0.15) is 5.10 Å². The number of carbonyl (C=O) groups excluding carboxylic acids is 1. The van der Waals surface area contributed by atoms with Crippen LogP contribution in [0.15, 0.2) is 52.2 Å². The maximum Gasteiger partial charge on any atom is 0.303 e. The van der Waals surface area contributed by atoms with Crippen molar-refractivity contribution in [3.8, 4) is 0 Å². The maximum absolute atomic E-state index is 12.4. The first kappa shape index (κ1) is 16.3. The van der Waals surface area contributed by atoms with E-state index in [2.05, 4.69) is 5.10 Å². The molecule has 1 amide bonds. The van der Waals surface area contributed by atoms with Crippen LogP contribution in [0.2, 0.25) is 5.02 Å². The van der Waals surface area contributed by atoms with Crippen LogP contribution in [0.1, 0.15) is 36.6 Å². The van der Waals surface area contributed by atoms with Crippen LogP contribution in [0, 0.1) is 0 Å². The molecule has 24 heavy (non-hydrogen) atoms. The number of carbonyl (C=O) groups is 2. The number of furan rings is 1. The molecule has 124 valence electrons. The summed E-state index contributed by atoms with van der Waals surface area (Å²) in [4.78, 5) is 23.2. The second-order valence-corrected chi connectivity index (χ2v) is 5.87. The summed E-state index contributed by atoms with van der Waals surface area (Å²) in [6.07, 6.45) is 1.68. The predicted octanol–water partition coefficient (Wildman–Crippen LogP) is 3.48. The van der Waals surface area contributed by atoms with Gasteiger partial charge in [0.2, 0.25) is 5.91 Å². The largest absolute Gasteiger partial charge is 0.481 e. The first-order valence-corrected chi connectivity index (χ1v) is 7.83. The molecule has 0 spiro atoms. The van der Waals surface area contributed by atoms with Crippen molar-refractivity contribution in [2.45, 2.75) is 25.3 Å². The van der Waals surface area contributed by atoms with E-state index in [0.717, 1.165) is 5.56 Å². The number of amides is 1. The molecule has 1 aromatic heterocycles. The van der Waals surface area contributed by atoms with Crippen LogP contribution in [0.3, 0.4) is 0 Å². The Bertz CT molecular complexity index is 786. The van der Waals surface area contributed by atoms with Crippen LogP contribution in [0.4, 0.5) is 0 Å². The summed E-state index contributed by atoms with van der Waals surface area (Å²) in [5.74, 6) is -0.767. The van der Waals surface area contributed by atoms with E-state index in [1.165, 1.54) is 5.01 Å². The summed E-state index contributed by atoms with van der Waals surface area (Å²) in [5, 5.41) is 15.1. The Balaban J connectivity index is 1.89. The van der Waals surface area contributed by atoms with Gasteiger partial charge in [-0.25, -0.2) is 5.01 Å². The molecule has 1 aromatic carbocycles. The third-order valence-electron chi connectivity index (χ3n) is 3.76. The van der Waals surface area contributed by atoms with Gasteiger partial charge in [-0.05, 0) is 29.8 Å². The van der Waals surface area contributed by atoms with Crippen LogP contribution in [-0.2, 0) is 9.59 Å². The van der Waals surface area contributed by atoms with Crippen LogP contribution < -0.4 is 0 Å². The highest BCUT2D eigenvalue weighted by atomic mass is 35.5. The van der Waals surface area contributed by atoms with Gasteiger partial charge in [0.05, 0.1) is 18.7 Å². The first-order valence-electron chi connectivity index (χ1n) is 7.45. The SMILES string of the molecule is O=C(O)CCC(=O)N1N=C(c2ccco2)C[C@@H]1c1cccc(Cl)c1. The van der Waals surface area contributed by atoms with Gasteiger partial charge in [0, 0.05) is 17.9 Å². The molecule has 3 rings (SSSR count). The molecule has 7 heteroatoms. The van der Waals surface area contributed by atoms with Gasteiger partial charge in [-0.3, -0.25) is 9.59 Å². The number of halogens is 1. The number of hydrogen-bond acceptors (Lipinski definition) is 4. The van der Waals surface area contributed by atoms with Crippen molar-refractivity contribution in [1.29, 1.82) is 0 Å². The minimum absolute atomic E-state index is 0.110. The summed E-state index contributed by atoms with van der Waals surface area (Å²) in [5.41, 5.74) is 1.49.